The van der Waals surface area contributed by atoms with Crippen LogP contribution < -0.4 is 10.6 Å². The van der Waals surface area contributed by atoms with Crippen molar-refractivity contribution in [3.63, 3.8) is 0 Å². The summed E-state index contributed by atoms with van der Waals surface area (Å²) in [5, 5.41) is 5.61. The molecule has 0 aliphatic heterocycles. The Labute approximate surface area is 129 Å². The fraction of sp³-hybridized carbons (Fsp3) is 0.438. The van der Waals surface area contributed by atoms with Gasteiger partial charge in [-0.2, -0.15) is 0 Å². The van der Waals surface area contributed by atoms with Crippen molar-refractivity contribution >= 4 is 23.3 Å². The van der Waals surface area contributed by atoms with Crippen LogP contribution in [0.4, 0.5) is 5.69 Å². The van der Waals surface area contributed by atoms with Crippen LogP contribution in [0.5, 0.6) is 0 Å². The van der Waals surface area contributed by atoms with Crippen LogP contribution in [0.1, 0.15) is 30.1 Å². The number of hydrogen-bond acceptors (Lipinski definition) is 4. The minimum atomic E-state index is -0.220. The van der Waals surface area contributed by atoms with Gasteiger partial charge in [-0.1, -0.05) is 12.1 Å². The van der Waals surface area contributed by atoms with E-state index < -0.39 is 0 Å². The number of nitrogens with one attached hydrogen (secondary N) is 2. The molecule has 0 atom stereocenters. The van der Waals surface area contributed by atoms with Crippen molar-refractivity contribution in [2.45, 2.75) is 25.8 Å². The molecule has 1 aliphatic rings. The van der Waals surface area contributed by atoms with E-state index in [4.69, 9.17) is 0 Å². The van der Waals surface area contributed by atoms with E-state index in [9.17, 15) is 14.4 Å². The fourth-order valence-electron chi connectivity index (χ4n) is 2.06. The molecule has 1 saturated carbocycles. The normalized spacial score (nSPS) is 13.8. The summed E-state index contributed by atoms with van der Waals surface area (Å²) in [5.74, 6) is -0.330. The number of ketones is 1. The van der Waals surface area contributed by atoms with E-state index in [1.54, 1.807) is 36.2 Å². The van der Waals surface area contributed by atoms with Gasteiger partial charge >= 0.3 is 0 Å². The maximum atomic E-state index is 12.0. The maximum Gasteiger partial charge on any atom is 0.238 e. The molecule has 0 saturated heterocycles. The Morgan fingerprint density at radius 2 is 1.86 bits per heavy atom. The first-order valence-corrected chi connectivity index (χ1v) is 7.33. The lowest BCUT2D eigenvalue weighted by Crippen LogP contribution is -2.39. The topological polar surface area (TPSA) is 78.5 Å². The van der Waals surface area contributed by atoms with Gasteiger partial charge in [0.15, 0.2) is 5.78 Å². The van der Waals surface area contributed by atoms with Crippen molar-refractivity contribution in [1.82, 2.24) is 10.2 Å². The predicted molar refractivity (Wildman–Crippen MR) is 83.7 cm³/mol. The number of Topliss-reactive ketones (excluding diaryl/α,β-unsaturated/α-hetero) is 1. The van der Waals surface area contributed by atoms with E-state index in [0.29, 0.717) is 17.3 Å². The lowest BCUT2D eigenvalue weighted by molar-refractivity contribution is -0.123. The summed E-state index contributed by atoms with van der Waals surface area (Å²) in [7, 11) is 1.72. The number of anilines is 1. The van der Waals surface area contributed by atoms with Crippen molar-refractivity contribution < 1.29 is 14.4 Å². The summed E-state index contributed by atoms with van der Waals surface area (Å²) in [5.41, 5.74) is 1.13. The third-order valence-corrected chi connectivity index (χ3v) is 3.32. The second-order valence-electron chi connectivity index (χ2n) is 5.70. The van der Waals surface area contributed by atoms with E-state index >= 15 is 0 Å². The highest BCUT2D eigenvalue weighted by molar-refractivity contribution is 5.97. The van der Waals surface area contributed by atoms with Gasteiger partial charge in [0, 0.05) is 17.3 Å². The van der Waals surface area contributed by atoms with Gasteiger partial charge in [-0.15, -0.1) is 0 Å². The van der Waals surface area contributed by atoms with Crippen LogP contribution in [0, 0.1) is 0 Å². The highest BCUT2D eigenvalue weighted by atomic mass is 16.2. The highest BCUT2D eigenvalue weighted by Gasteiger charge is 2.23. The summed E-state index contributed by atoms with van der Waals surface area (Å²) >= 11 is 0. The number of nitrogens with zero attached hydrogens (tertiary/aromatic N) is 1. The number of hydrogen-bond donors (Lipinski definition) is 2. The minimum absolute atomic E-state index is 0.0510. The predicted octanol–water partition coefficient (Wildman–Crippen LogP) is 1.04. The van der Waals surface area contributed by atoms with Crippen molar-refractivity contribution in [3.05, 3.63) is 29.8 Å². The molecule has 1 aromatic carbocycles. The molecule has 1 aromatic rings. The van der Waals surface area contributed by atoms with Crippen molar-refractivity contribution in [2.24, 2.45) is 0 Å². The third-order valence-electron chi connectivity index (χ3n) is 3.32. The van der Waals surface area contributed by atoms with E-state index in [-0.39, 0.29) is 30.7 Å². The Morgan fingerprint density at radius 1 is 1.18 bits per heavy atom. The summed E-state index contributed by atoms with van der Waals surface area (Å²) in [6.07, 6.45) is 2.09. The van der Waals surface area contributed by atoms with Crippen LogP contribution in [-0.4, -0.2) is 48.7 Å². The molecule has 2 amide bonds. The van der Waals surface area contributed by atoms with Gasteiger partial charge in [-0.05, 0) is 38.9 Å². The quantitative estimate of drug-likeness (QED) is 0.738. The summed E-state index contributed by atoms with van der Waals surface area (Å²) in [6, 6.07) is 7.11. The fourth-order valence-corrected chi connectivity index (χ4v) is 2.06. The van der Waals surface area contributed by atoms with Gasteiger partial charge in [-0.3, -0.25) is 19.3 Å². The Morgan fingerprint density at radius 3 is 2.50 bits per heavy atom. The van der Waals surface area contributed by atoms with Gasteiger partial charge in [0.2, 0.25) is 11.8 Å². The van der Waals surface area contributed by atoms with Crippen LogP contribution in [0.15, 0.2) is 24.3 Å². The first kappa shape index (κ1) is 16.2. The second-order valence-corrected chi connectivity index (χ2v) is 5.70. The molecular formula is C16H21N3O3. The number of carbonyl (C=O) groups excluding carboxylic acids is 3. The number of likely N-dealkylation sites (N-methyl/N-ethyl adjacent to an activating group) is 1. The summed E-state index contributed by atoms with van der Waals surface area (Å²) in [6.45, 7) is 1.78. The molecule has 1 fully saturated rings. The maximum absolute atomic E-state index is 12.0. The lowest BCUT2D eigenvalue weighted by atomic mass is 10.1. The molecule has 0 heterocycles. The zero-order valence-corrected chi connectivity index (χ0v) is 12.9. The molecular weight excluding hydrogens is 282 g/mol. The Hall–Kier alpha value is -2.21. The average molecular weight is 303 g/mol. The van der Waals surface area contributed by atoms with Gasteiger partial charge in [0.25, 0.3) is 0 Å². The average Bonchev–Trinajstić information content (AvgIpc) is 3.22. The van der Waals surface area contributed by atoms with E-state index in [0.717, 1.165) is 12.8 Å². The zero-order chi connectivity index (χ0) is 16.1. The standard InChI is InChI=1S/C16H21N3O3/c1-11(20)12-4-3-5-14(8-12)18-16(22)10-19(2)9-15(21)17-13-6-7-13/h3-5,8,13H,6-7,9-10H2,1-2H3,(H,17,21)(H,18,22). The van der Waals surface area contributed by atoms with Crippen LogP contribution in [0.3, 0.4) is 0 Å². The van der Waals surface area contributed by atoms with Crippen LogP contribution in [0.2, 0.25) is 0 Å². The van der Waals surface area contributed by atoms with Crippen molar-refractivity contribution in [2.75, 3.05) is 25.5 Å². The van der Waals surface area contributed by atoms with Gasteiger partial charge in [0.05, 0.1) is 13.1 Å². The Kier molecular flexibility index (Phi) is 5.27. The Bertz CT molecular complexity index is 582. The van der Waals surface area contributed by atoms with Crippen LogP contribution in [-0.2, 0) is 9.59 Å². The van der Waals surface area contributed by atoms with E-state index in [1.165, 1.54) is 6.92 Å². The van der Waals surface area contributed by atoms with Crippen molar-refractivity contribution in [1.29, 1.82) is 0 Å². The molecule has 0 aromatic heterocycles. The zero-order valence-electron chi connectivity index (χ0n) is 12.9. The second kappa shape index (κ2) is 7.17. The minimum Gasteiger partial charge on any atom is -0.352 e. The van der Waals surface area contributed by atoms with Gasteiger partial charge in [0.1, 0.15) is 0 Å². The monoisotopic (exact) mass is 303 g/mol. The third kappa shape index (κ3) is 5.29. The number of rotatable bonds is 7. The molecule has 6 nitrogen and oxygen atoms in total. The molecule has 118 valence electrons. The molecule has 0 bridgehead atoms. The lowest BCUT2D eigenvalue weighted by Gasteiger charge is -2.16. The van der Waals surface area contributed by atoms with Crippen LogP contribution >= 0.6 is 0 Å². The number of benzene rings is 1. The molecule has 6 heteroatoms. The SMILES string of the molecule is CC(=O)c1cccc(NC(=O)CN(C)CC(=O)NC2CC2)c1. The largest absolute Gasteiger partial charge is 0.352 e. The molecule has 1 aliphatic carbocycles. The van der Waals surface area contributed by atoms with Gasteiger partial charge in [-0.25, -0.2) is 0 Å². The first-order chi connectivity index (χ1) is 10.4. The smallest absolute Gasteiger partial charge is 0.238 e. The number of amides is 2. The van der Waals surface area contributed by atoms with Crippen molar-refractivity contribution in [3.8, 4) is 0 Å². The Balaban J connectivity index is 1.80. The molecule has 22 heavy (non-hydrogen) atoms. The highest BCUT2D eigenvalue weighted by Crippen LogP contribution is 2.18. The molecule has 2 rings (SSSR count). The summed E-state index contributed by atoms with van der Waals surface area (Å²) in [4.78, 5) is 36.6. The molecule has 2 N–H and O–H groups in total. The molecule has 0 unspecified atom stereocenters. The van der Waals surface area contributed by atoms with Crippen LogP contribution in [0.25, 0.3) is 0 Å². The summed E-state index contributed by atoms with van der Waals surface area (Å²) < 4.78 is 0. The van der Waals surface area contributed by atoms with E-state index in [2.05, 4.69) is 10.6 Å². The van der Waals surface area contributed by atoms with E-state index in [1.807, 2.05) is 0 Å². The number of carbonyl (C=O) groups is 3. The molecule has 0 spiro atoms. The molecule has 0 radical (unpaired) electrons. The van der Waals surface area contributed by atoms with Gasteiger partial charge < -0.3 is 10.6 Å². The first-order valence-electron chi connectivity index (χ1n) is 7.33.